The number of benzene rings is 1. The number of rotatable bonds is 1. The molecule has 0 spiro atoms. The van der Waals surface area contributed by atoms with E-state index in [2.05, 4.69) is 5.10 Å². The summed E-state index contributed by atoms with van der Waals surface area (Å²) >= 11 is 0. The Morgan fingerprint density at radius 2 is 2.07 bits per heavy atom. The molecule has 0 amide bonds. The molecule has 0 bridgehead atoms. The maximum Gasteiger partial charge on any atom is 0.271 e. The van der Waals surface area contributed by atoms with E-state index in [9.17, 15) is 4.79 Å². The van der Waals surface area contributed by atoms with Crippen LogP contribution in [0.4, 0.5) is 5.69 Å². The molecular formula is C10H12ClN3O. The lowest BCUT2D eigenvalue weighted by molar-refractivity contribution is 0.836. The van der Waals surface area contributed by atoms with Gasteiger partial charge in [-0.3, -0.25) is 9.89 Å². The molecule has 1 aromatic heterocycles. The van der Waals surface area contributed by atoms with Gasteiger partial charge >= 0.3 is 0 Å². The van der Waals surface area contributed by atoms with Crippen LogP contribution in [0.5, 0.6) is 0 Å². The van der Waals surface area contributed by atoms with Crippen LogP contribution in [0.1, 0.15) is 5.69 Å². The summed E-state index contributed by atoms with van der Waals surface area (Å²) in [7, 11) is 0. The van der Waals surface area contributed by atoms with Gasteiger partial charge in [0.25, 0.3) is 5.56 Å². The molecular weight excluding hydrogens is 214 g/mol. The first-order chi connectivity index (χ1) is 6.66. The van der Waals surface area contributed by atoms with Gasteiger partial charge in [0.05, 0.1) is 5.69 Å². The van der Waals surface area contributed by atoms with Gasteiger partial charge in [0.15, 0.2) is 0 Å². The van der Waals surface area contributed by atoms with Gasteiger partial charge in [0, 0.05) is 17.4 Å². The number of anilines is 1. The van der Waals surface area contributed by atoms with Gasteiger partial charge < -0.3 is 5.73 Å². The second-order valence-electron chi connectivity index (χ2n) is 3.21. The van der Waals surface area contributed by atoms with Crippen LogP contribution in [-0.4, -0.2) is 9.78 Å². The largest absolute Gasteiger partial charge is 0.399 e. The van der Waals surface area contributed by atoms with Gasteiger partial charge in [-0.1, -0.05) is 6.07 Å². The Kier molecular flexibility index (Phi) is 3.21. The van der Waals surface area contributed by atoms with Crippen molar-refractivity contribution in [2.24, 2.45) is 0 Å². The monoisotopic (exact) mass is 225 g/mol. The number of aromatic amines is 1. The third-order valence-electron chi connectivity index (χ3n) is 1.98. The molecule has 5 heteroatoms. The van der Waals surface area contributed by atoms with Crippen molar-refractivity contribution < 1.29 is 0 Å². The molecule has 0 saturated carbocycles. The zero-order chi connectivity index (χ0) is 10.1. The van der Waals surface area contributed by atoms with E-state index in [1.54, 1.807) is 18.2 Å². The lowest BCUT2D eigenvalue weighted by Gasteiger charge is -2.01. The van der Waals surface area contributed by atoms with E-state index in [0.29, 0.717) is 5.69 Å². The molecule has 4 nitrogen and oxygen atoms in total. The number of aryl methyl sites for hydroxylation is 1. The molecule has 2 aromatic rings. The Bertz CT molecular complexity index is 515. The number of H-pyrrole nitrogens is 1. The van der Waals surface area contributed by atoms with E-state index >= 15 is 0 Å². The molecule has 0 fully saturated rings. The third-order valence-corrected chi connectivity index (χ3v) is 1.98. The predicted octanol–water partition coefficient (Wildman–Crippen LogP) is 1.48. The van der Waals surface area contributed by atoms with Gasteiger partial charge in [-0.05, 0) is 25.1 Å². The average Bonchev–Trinajstić information content (AvgIpc) is 2.45. The molecule has 3 N–H and O–H groups in total. The molecule has 1 heterocycles. The summed E-state index contributed by atoms with van der Waals surface area (Å²) < 4.78 is 1.46. The first-order valence-corrected chi connectivity index (χ1v) is 4.31. The van der Waals surface area contributed by atoms with Crippen molar-refractivity contribution in [2.45, 2.75) is 6.92 Å². The van der Waals surface area contributed by atoms with Crippen molar-refractivity contribution in [2.75, 3.05) is 5.73 Å². The molecule has 0 atom stereocenters. The normalized spacial score (nSPS) is 9.67. The van der Waals surface area contributed by atoms with E-state index in [4.69, 9.17) is 5.73 Å². The number of nitrogens with two attached hydrogens (primary N) is 1. The van der Waals surface area contributed by atoms with Crippen molar-refractivity contribution in [3.05, 3.63) is 46.4 Å². The number of nitrogen functional groups attached to an aromatic ring is 1. The summed E-state index contributed by atoms with van der Waals surface area (Å²) in [6.45, 7) is 1.84. The molecule has 1 aromatic carbocycles. The van der Waals surface area contributed by atoms with Crippen molar-refractivity contribution in [1.29, 1.82) is 0 Å². The van der Waals surface area contributed by atoms with E-state index in [-0.39, 0.29) is 18.0 Å². The minimum atomic E-state index is -0.0758. The van der Waals surface area contributed by atoms with Crippen LogP contribution in [0, 0.1) is 6.92 Å². The second-order valence-corrected chi connectivity index (χ2v) is 3.21. The van der Waals surface area contributed by atoms with Crippen LogP contribution in [0.15, 0.2) is 35.1 Å². The lowest BCUT2D eigenvalue weighted by atomic mass is 10.3. The highest BCUT2D eigenvalue weighted by molar-refractivity contribution is 5.85. The van der Waals surface area contributed by atoms with Crippen LogP contribution in [-0.2, 0) is 0 Å². The minimum Gasteiger partial charge on any atom is -0.399 e. The Balaban J connectivity index is 0.00000112. The maximum atomic E-state index is 11.4. The highest BCUT2D eigenvalue weighted by Gasteiger charge is 2.01. The van der Waals surface area contributed by atoms with Crippen molar-refractivity contribution >= 4 is 18.1 Å². The van der Waals surface area contributed by atoms with E-state index in [1.807, 2.05) is 19.1 Å². The molecule has 0 saturated heterocycles. The fourth-order valence-electron chi connectivity index (χ4n) is 1.37. The minimum absolute atomic E-state index is 0. The Labute approximate surface area is 93.1 Å². The number of nitrogens with one attached hydrogen (secondary N) is 1. The topological polar surface area (TPSA) is 63.8 Å². The van der Waals surface area contributed by atoms with Crippen LogP contribution < -0.4 is 11.3 Å². The summed E-state index contributed by atoms with van der Waals surface area (Å²) in [5, 5.41) is 2.94. The van der Waals surface area contributed by atoms with Crippen molar-refractivity contribution in [1.82, 2.24) is 9.78 Å². The Morgan fingerprint density at radius 1 is 1.33 bits per heavy atom. The van der Waals surface area contributed by atoms with Gasteiger partial charge in [0.2, 0.25) is 0 Å². The van der Waals surface area contributed by atoms with Crippen LogP contribution in [0.25, 0.3) is 5.69 Å². The van der Waals surface area contributed by atoms with Crippen molar-refractivity contribution in [3.8, 4) is 5.69 Å². The summed E-state index contributed by atoms with van der Waals surface area (Å²) in [5.41, 5.74) is 7.77. The number of halogens is 1. The highest BCUT2D eigenvalue weighted by atomic mass is 35.5. The van der Waals surface area contributed by atoms with Gasteiger partial charge in [-0.2, -0.15) is 0 Å². The Morgan fingerprint density at radius 3 is 2.60 bits per heavy atom. The first-order valence-electron chi connectivity index (χ1n) is 4.31. The van der Waals surface area contributed by atoms with Crippen molar-refractivity contribution in [3.63, 3.8) is 0 Å². The molecule has 0 radical (unpaired) electrons. The van der Waals surface area contributed by atoms with Crippen LogP contribution in [0.3, 0.4) is 0 Å². The molecule has 0 aliphatic heterocycles. The molecule has 2 rings (SSSR count). The molecule has 15 heavy (non-hydrogen) atoms. The Hall–Kier alpha value is -1.68. The summed E-state index contributed by atoms with van der Waals surface area (Å²) in [6.07, 6.45) is 0. The zero-order valence-electron chi connectivity index (χ0n) is 8.23. The molecule has 0 aliphatic carbocycles. The van der Waals surface area contributed by atoms with Gasteiger partial charge in [0.1, 0.15) is 0 Å². The SMILES string of the molecule is Cc1cc(=O)n(-c2cccc(N)c2)[nH]1.Cl. The third kappa shape index (κ3) is 2.22. The lowest BCUT2D eigenvalue weighted by Crippen LogP contribution is -2.13. The standard InChI is InChI=1S/C10H11N3O.ClH/c1-7-5-10(14)13(12-7)9-4-2-3-8(11)6-9;/h2-6,12H,11H2,1H3;1H. The van der Waals surface area contributed by atoms with Gasteiger partial charge in [-0.25, -0.2) is 4.68 Å². The van der Waals surface area contributed by atoms with E-state index in [0.717, 1.165) is 11.4 Å². The molecule has 80 valence electrons. The first kappa shape index (κ1) is 11.4. The quantitative estimate of drug-likeness (QED) is 0.722. The average molecular weight is 226 g/mol. The predicted molar refractivity (Wildman–Crippen MR) is 62.8 cm³/mol. The van der Waals surface area contributed by atoms with Crippen LogP contribution >= 0.6 is 12.4 Å². The fourth-order valence-corrected chi connectivity index (χ4v) is 1.37. The highest BCUT2D eigenvalue weighted by Crippen LogP contribution is 2.09. The van der Waals surface area contributed by atoms with Crippen LogP contribution in [0.2, 0.25) is 0 Å². The second kappa shape index (κ2) is 4.23. The summed E-state index contributed by atoms with van der Waals surface area (Å²) in [5.74, 6) is 0. The summed E-state index contributed by atoms with van der Waals surface area (Å²) in [4.78, 5) is 11.4. The molecule has 0 unspecified atom stereocenters. The summed E-state index contributed by atoms with van der Waals surface area (Å²) in [6, 6.07) is 8.71. The smallest absolute Gasteiger partial charge is 0.271 e. The number of nitrogens with zero attached hydrogens (tertiary/aromatic N) is 1. The van der Waals surface area contributed by atoms with E-state index < -0.39 is 0 Å². The molecule has 0 aliphatic rings. The van der Waals surface area contributed by atoms with Gasteiger partial charge in [-0.15, -0.1) is 12.4 Å². The van der Waals surface area contributed by atoms with E-state index in [1.165, 1.54) is 4.68 Å². The fraction of sp³-hybridized carbons (Fsp3) is 0.100. The number of aromatic nitrogens is 2. The number of hydrogen-bond acceptors (Lipinski definition) is 2. The maximum absolute atomic E-state index is 11.4. The number of hydrogen-bond donors (Lipinski definition) is 2. The zero-order valence-corrected chi connectivity index (χ0v) is 9.04.